The van der Waals surface area contributed by atoms with Gasteiger partial charge in [0.2, 0.25) is 0 Å². The van der Waals surface area contributed by atoms with Gasteiger partial charge in [0.15, 0.2) is 0 Å². The molecule has 13 nitrogen and oxygen atoms in total. The van der Waals surface area contributed by atoms with Gasteiger partial charge in [0.05, 0.1) is 22.9 Å². The van der Waals surface area contributed by atoms with Crippen LogP contribution in [0, 0.1) is 13.8 Å². The molecule has 0 aliphatic heterocycles. The summed E-state index contributed by atoms with van der Waals surface area (Å²) in [4.78, 5) is 31.2. The van der Waals surface area contributed by atoms with Crippen molar-refractivity contribution in [2.45, 2.75) is 82.5 Å². The van der Waals surface area contributed by atoms with E-state index in [4.69, 9.17) is 22.7 Å². The molecule has 0 aliphatic rings. The summed E-state index contributed by atoms with van der Waals surface area (Å²) in [6.45, 7) is 11.6. The summed E-state index contributed by atoms with van der Waals surface area (Å²) in [7, 11) is -8.54. The lowest BCUT2D eigenvalue weighted by Gasteiger charge is -2.30. The van der Waals surface area contributed by atoms with E-state index in [2.05, 4.69) is 5.48 Å². The summed E-state index contributed by atoms with van der Waals surface area (Å²) < 4.78 is 72.7. The maximum absolute atomic E-state index is 13.1. The molecule has 2 aromatic rings. The standard InChI is InChI=1S/C29H42N2O11S2/c1-21-9-13-24(14-10-21)43(34,35)39-18-17-31(27(33)41-29(6,7)8)19-23(20-38-30-26(32)40-28(3,4)5)42-44(36,37)25-15-11-22(2)12-16-25/h9-16,23H,17-20H2,1-8H3,(H,30,32). The molecule has 44 heavy (non-hydrogen) atoms. The van der Waals surface area contributed by atoms with Crippen molar-refractivity contribution in [3.8, 4) is 0 Å². The highest BCUT2D eigenvalue weighted by atomic mass is 32.2. The van der Waals surface area contributed by atoms with Crippen LogP contribution in [0.3, 0.4) is 0 Å². The van der Waals surface area contributed by atoms with E-state index in [1.807, 2.05) is 0 Å². The number of nitrogens with one attached hydrogen (secondary N) is 1. The maximum atomic E-state index is 13.1. The van der Waals surface area contributed by atoms with Gasteiger partial charge in [-0.05, 0) is 79.7 Å². The molecule has 0 aliphatic carbocycles. The van der Waals surface area contributed by atoms with Crippen LogP contribution in [0.4, 0.5) is 9.59 Å². The van der Waals surface area contributed by atoms with Gasteiger partial charge in [-0.15, -0.1) is 0 Å². The minimum Gasteiger partial charge on any atom is -0.444 e. The first-order chi connectivity index (χ1) is 20.2. The van der Waals surface area contributed by atoms with E-state index in [-0.39, 0.29) is 16.3 Å². The summed E-state index contributed by atoms with van der Waals surface area (Å²) in [5.74, 6) is 0. The van der Waals surface area contributed by atoms with Crippen LogP contribution < -0.4 is 5.48 Å². The molecule has 15 heteroatoms. The third kappa shape index (κ3) is 13.2. The molecule has 1 N–H and O–H groups in total. The molecule has 1 atom stereocenters. The van der Waals surface area contributed by atoms with Gasteiger partial charge in [-0.1, -0.05) is 35.4 Å². The Labute approximate surface area is 260 Å². The third-order valence-electron chi connectivity index (χ3n) is 5.38. The Morgan fingerprint density at radius 1 is 0.773 bits per heavy atom. The molecular weight excluding hydrogens is 616 g/mol. The Morgan fingerprint density at radius 3 is 1.73 bits per heavy atom. The highest BCUT2D eigenvalue weighted by Crippen LogP contribution is 2.18. The number of hydroxylamine groups is 1. The van der Waals surface area contributed by atoms with Crippen LogP contribution in [0.5, 0.6) is 0 Å². The first-order valence-electron chi connectivity index (χ1n) is 13.7. The van der Waals surface area contributed by atoms with Crippen LogP contribution in [-0.2, 0) is 42.9 Å². The first kappa shape index (κ1) is 36.9. The summed E-state index contributed by atoms with van der Waals surface area (Å²) in [5, 5.41) is 0. The number of amides is 2. The molecule has 0 bridgehead atoms. The molecule has 0 saturated heterocycles. The van der Waals surface area contributed by atoms with Crippen molar-refractivity contribution in [3.05, 3.63) is 59.7 Å². The second-order valence-electron chi connectivity index (χ2n) is 11.9. The number of hydrogen-bond acceptors (Lipinski definition) is 11. The smallest absolute Gasteiger partial charge is 0.431 e. The Morgan fingerprint density at radius 2 is 1.25 bits per heavy atom. The van der Waals surface area contributed by atoms with E-state index in [0.717, 1.165) is 16.0 Å². The second-order valence-corrected chi connectivity index (χ2v) is 15.1. The molecule has 0 fully saturated rings. The maximum Gasteiger partial charge on any atom is 0.431 e. The number of carbonyl (C=O) groups excluding carboxylic acids is 2. The number of hydrogen-bond donors (Lipinski definition) is 1. The van der Waals surface area contributed by atoms with Crippen molar-refractivity contribution in [3.63, 3.8) is 0 Å². The highest BCUT2D eigenvalue weighted by Gasteiger charge is 2.30. The number of carbonyl (C=O) groups is 2. The van der Waals surface area contributed by atoms with Crippen molar-refractivity contribution in [1.82, 2.24) is 10.4 Å². The molecular formula is C29H42N2O11S2. The van der Waals surface area contributed by atoms with Crippen LogP contribution in [0.2, 0.25) is 0 Å². The zero-order valence-corrected chi connectivity index (χ0v) is 27.9. The van der Waals surface area contributed by atoms with Gasteiger partial charge in [0.25, 0.3) is 20.2 Å². The summed E-state index contributed by atoms with van der Waals surface area (Å²) in [6, 6.07) is 11.9. The molecule has 1 unspecified atom stereocenters. The fourth-order valence-electron chi connectivity index (χ4n) is 3.40. The van der Waals surface area contributed by atoms with Gasteiger partial charge in [-0.2, -0.15) is 22.3 Å². The van der Waals surface area contributed by atoms with E-state index < -0.39 is 69.5 Å². The molecule has 0 spiro atoms. The normalized spacial score (nSPS) is 13.2. The van der Waals surface area contributed by atoms with Gasteiger partial charge in [0, 0.05) is 6.54 Å². The van der Waals surface area contributed by atoms with Crippen LogP contribution in [0.25, 0.3) is 0 Å². The molecule has 246 valence electrons. The first-order valence-corrected chi connectivity index (χ1v) is 16.5. The number of nitrogens with zero attached hydrogens (tertiary/aromatic N) is 1. The number of benzene rings is 2. The van der Waals surface area contributed by atoms with Gasteiger partial charge >= 0.3 is 12.2 Å². The highest BCUT2D eigenvalue weighted by molar-refractivity contribution is 7.87. The lowest BCUT2D eigenvalue weighted by molar-refractivity contribution is -0.0382. The monoisotopic (exact) mass is 658 g/mol. The van der Waals surface area contributed by atoms with Crippen LogP contribution in [0.15, 0.2) is 58.3 Å². The Bertz CT molecular complexity index is 1460. The summed E-state index contributed by atoms with van der Waals surface area (Å²) in [5.41, 5.74) is 1.96. The van der Waals surface area contributed by atoms with Gasteiger partial charge in [-0.3, -0.25) is 13.2 Å². The molecule has 2 rings (SSSR count). The fourth-order valence-corrected chi connectivity index (χ4v) is 5.36. The fraction of sp³-hybridized carbons (Fsp3) is 0.517. The lowest BCUT2D eigenvalue weighted by atomic mass is 10.2. The quantitative estimate of drug-likeness (QED) is 0.238. The van der Waals surface area contributed by atoms with Crippen LogP contribution >= 0.6 is 0 Å². The Kier molecular flexibility index (Phi) is 12.7. The summed E-state index contributed by atoms with van der Waals surface area (Å²) in [6.07, 6.45) is -3.22. The lowest BCUT2D eigenvalue weighted by Crippen LogP contribution is -2.46. The summed E-state index contributed by atoms with van der Waals surface area (Å²) >= 11 is 0. The molecule has 2 amide bonds. The zero-order chi connectivity index (χ0) is 33.3. The Balaban J connectivity index is 2.28. The van der Waals surface area contributed by atoms with E-state index in [1.165, 1.54) is 24.3 Å². The van der Waals surface area contributed by atoms with Crippen molar-refractivity contribution in [2.75, 3.05) is 26.3 Å². The van der Waals surface area contributed by atoms with Crippen LogP contribution in [-0.4, -0.2) is 77.5 Å². The molecule has 0 saturated carbocycles. The predicted octanol–water partition coefficient (Wildman–Crippen LogP) is 4.48. The van der Waals surface area contributed by atoms with Crippen LogP contribution in [0.1, 0.15) is 52.7 Å². The van der Waals surface area contributed by atoms with Crippen molar-refractivity contribution < 1.29 is 49.1 Å². The molecule has 0 heterocycles. The number of aryl methyl sites for hydroxylation is 2. The SMILES string of the molecule is Cc1ccc(S(=O)(=O)OCCN(CC(CONC(=O)OC(C)(C)C)OS(=O)(=O)c2ccc(C)cc2)C(=O)OC(C)(C)C)cc1. The van der Waals surface area contributed by atoms with Crippen molar-refractivity contribution >= 4 is 32.4 Å². The van der Waals surface area contributed by atoms with Crippen molar-refractivity contribution in [2.24, 2.45) is 0 Å². The van der Waals surface area contributed by atoms with E-state index in [9.17, 15) is 26.4 Å². The molecule has 0 aromatic heterocycles. The van der Waals surface area contributed by atoms with Gasteiger partial charge < -0.3 is 14.4 Å². The van der Waals surface area contributed by atoms with E-state index in [0.29, 0.717) is 0 Å². The minimum atomic E-state index is -4.38. The molecule has 0 radical (unpaired) electrons. The number of rotatable bonds is 13. The topological polar surface area (TPSA) is 164 Å². The van der Waals surface area contributed by atoms with E-state index >= 15 is 0 Å². The minimum absolute atomic E-state index is 0.0704. The predicted molar refractivity (Wildman–Crippen MR) is 161 cm³/mol. The van der Waals surface area contributed by atoms with Gasteiger partial charge in [-0.25, -0.2) is 9.59 Å². The number of ether oxygens (including phenoxy) is 2. The third-order valence-corrected chi connectivity index (χ3v) is 8.08. The second kappa shape index (κ2) is 15.2. The molecule has 2 aromatic carbocycles. The zero-order valence-electron chi connectivity index (χ0n) is 26.3. The largest absolute Gasteiger partial charge is 0.444 e. The Hall–Kier alpha value is -3.24. The average Bonchev–Trinajstić information content (AvgIpc) is 2.86. The van der Waals surface area contributed by atoms with E-state index in [1.54, 1.807) is 79.7 Å². The average molecular weight is 659 g/mol. The van der Waals surface area contributed by atoms with Gasteiger partial charge in [0.1, 0.15) is 23.9 Å². The van der Waals surface area contributed by atoms with Crippen molar-refractivity contribution in [1.29, 1.82) is 0 Å².